The molecule has 1 aromatic heterocycles. The molecule has 2 aromatic carbocycles. The second-order valence-corrected chi connectivity index (χ2v) is 9.13. The Balaban J connectivity index is 1.74. The normalized spacial score (nSPS) is 18.2. The number of methoxy groups -OCH3 is 1. The van der Waals surface area contributed by atoms with Crippen molar-refractivity contribution in [1.82, 2.24) is 14.8 Å². The lowest BCUT2D eigenvalue weighted by Gasteiger charge is -2.44. The van der Waals surface area contributed by atoms with Gasteiger partial charge in [-0.15, -0.1) is 0 Å². The molecule has 168 valence electrons. The molecule has 0 saturated carbocycles. The fraction of sp³-hybridized carbons (Fsp3) is 0.385. The van der Waals surface area contributed by atoms with Crippen LogP contribution in [0.15, 0.2) is 54.6 Å². The molecule has 6 heteroatoms. The van der Waals surface area contributed by atoms with Crippen molar-refractivity contribution in [3.05, 3.63) is 65.9 Å². The topological polar surface area (TPSA) is 63.6 Å². The fourth-order valence-corrected chi connectivity index (χ4v) is 4.37. The number of benzene rings is 2. The molecule has 0 bridgehead atoms. The average molecular weight is 434 g/mol. The Labute approximate surface area is 189 Å². The molecule has 1 atom stereocenters. The number of nitrogens with zero attached hydrogens (tertiary/aromatic N) is 2. The number of aromatic nitrogens is 1. The van der Waals surface area contributed by atoms with Gasteiger partial charge < -0.3 is 19.5 Å². The molecule has 0 saturated heterocycles. The van der Waals surface area contributed by atoms with E-state index in [1.54, 1.807) is 12.0 Å². The van der Waals surface area contributed by atoms with Crippen LogP contribution < -0.4 is 10.1 Å². The smallest absolute Gasteiger partial charge is 0.271 e. The SMILES string of the molecule is COc1cccc(CN2C(=O)c3cc4ccccc4n3C[C@]2(C)C(=O)NCCC(C)C)c1. The lowest BCUT2D eigenvalue weighted by atomic mass is 9.93. The zero-order valence-electron chi connectivity index (χ0n) is 19.2. The third-order valence-corrected chi connectivity index (χ3v) is 6.31. The van der Waals surface area contributed by atoms with E-state index in [2.05, 4.69) is 19.2 Å². The quantitative estimate of drug-likeness (QED) is 0.607. The Morgan fingerprint density at radius 2 is 1.94 bits per heavy atom. The highest BCUT2D eigenvalue weighted by Crippen LogP contribution is 2.33. The number of para-hydroxylation sites is 1. The highest BCUT2D eigenvalue weighted by Gasteiger charge is 2.47. The summed E-state index contributed by atoms with van der Waals surface area (Å²) in [6.45, 7) is 7.45. The molecular formula is C26H31N3O3. The highest BCUT2D eigenvalue weighted by molar-refractivity contribution is 6.03. The number of carbonyl (C=O) groups is 2. The first kappa shape index (κ1) is 21.9. The number of hydrogen-bond acceptors (Lipinski definition) is 3. The number of nitrogens with one attached hydrogen (secondary N) is 1. The first-order valence-corrected chi connectivity index (χ1v) is 11.1. The van der Waals surface area contributed by atoms with Crippen molar-refractivity contribution in [3.8, 4) is 5.75 Å². The maximum atomic E-state index is 13.7. The predicted octanol–water partition coefficient (Wildman–Crippen LogP) is 4.23. The zero-order chi connectivity index (χ0) is 22.9. The first-order valence-electron chi connectivity index (χ1n) is 11.1. The van der Waals surface area contributed by atoms with E-state index in [4.69, 9.17) is 4.74 Å². The van der Waals surface area contributed by atoms with Crippen LogP contribution in [-0.2, 0) is 17.9 Å². The summed E-state index contributed by atoms with van der Waals surface area (Å²) < 4.78 is 7.34. The van der Waals surface area contributed by atoms with Crippen LogP contribution in [0.25, 0.3) is 10.9 Å². The number of hydrogen-bond donors (Lipinski definition) is 1. The van der Waals surface area contributed by atoms with Crippen LogP contribution in [0.5, 0.6) is 5.75 Å². The standard InChI is InChI=1S/C26H31N3O3/c1-18(2)12-13-27-25(31)26(3)17-28-22-11-6-5-9-20(22)15-23(28)24(30)29(26)16-19-8-7-10-21(14-19)32-4/h5-11,14-15,18H,12-13,16-17H2,1-4H3,(H,27,31)/t26-/m1/s1. The molecular weight excluding hydrogens is 402 g/mol. The molecule has 0 fully saturated rings. The lowest BCUT2D eigenvalue weighted by Crippen LogP contribution is -2.63. The van der Waals surface area contributed by atoms with Crippen LogP contribution in [0.2, 0.25) is 0 Å². The Morgan fingerprint density at radius 1 is 1.16 bits per heavy atom. The monoisotopic (exact) mass is 433 g/mol. The van der Waals surface area contributed by atoms with Crippen molar-refractivity contribution in [1.29, 1.82) is 0 Å². The molecule has 4 rings (SSSR count). The zero-order valence-corrected chi connectivity index (χ0v) is 19.2. The van der Waals surface area contributed by atoms with Crippen LogP contribution >= 0.6 is 0 Å². The molecule has 0 spiro atoms. The van der Waals surface area contributed by atoms with Gasteiger partial charge in [0.25, 0.3) is 5.91 Å². The van der Waals surface area contributed by atoms with E-state index >= 15 is 0 Å². The second-order valence-electron chi connectivity index (χ2n) is 9.13. The summed E-state index contributed by atoms with van der Waals surface area (Å²) in [5, 5.41) is 4.08. The molecule has 1 N–H and O–H groups in total. The third kappa shape index (κ3) is 3.97. The van der Waals surface area contributed by atoms with Crippen LogP contribution in [0, 0.1) is 5.92 Å². The molecule has 1 aliphatic heterocycles. The van der Waals surface area contributed by atoms with Gasteiger partial charge in [0.2, 0.25) is 5.91 Å². The van der Waals surface area contributed by atoms with E-state index < -0.39 is 5.54 Å². The first-order chi connectivity index (χ1) is 15.3. The molecule has 0 aliphatic carbocycles. The number of fused-ring (bicyclic) bond motifs is 3. The Hall–Kier alpha value is -3.28. The largest absolute Gasteiger partial charge is 0.497 e. The molecule has 1 aliphatic rings. The molecule has 0 radical (unpaired) electrons. The van der Waals surface area contributed by atoms with Crippen molar-refractivity contribution in [2.45, 2.75) is 45.8 Å². The van der Waals surface area contributed by atoms with E-state index in [-0.39, 0.29) is 11.8 Å². The van der Waals surface area contributed by atoms with Crippen LogP contribution in [0.4, 0.5) is 0 Å². The van der Waals surface area contributed by atoms with Crippen molar-refractivity contribution in [3.63, 3.8) is 0 Å². The summed E-state index contributed by atoms with van der Waals surface area (Å²) in [6, 6.07) is 17.5. The van der Waals surface area contributed by atoms with Crippen LogP contribution in [0.1, 0.15) is 43.2 Å². The number of amides is 2. The average Bonchev–Trinajstić information content (AvgIpc) is 3.15. The Bertz CT molecular complexity index is 1150. The van der Waals surface area contributed by atoms with Gasteiger partial charge in [0, 0.05) is 24.0 Å². The van der Waals surface area contributed by atoms with E-state index in [0.29, 0.717) is 31.2 Å². The summed E-state index contributed by atoms with van der Waals surface area (Å²) in [4.78, 5) is 28.9. The predicted molar refractivity (Wildman–Crippen MR) is 126 cm³/mol. The van der Waals surface area contributed by atoms with Gasteiger partial charge in [0.1, 0.15) is 17.0 Å². The maximum Gasteiger partial charge on any atom is 0.271 e. The highest BCUT2D eigenvalue weighted by atomic mass is 16.5. The minimum atomic E-state index is -1.02. The maximum absolute atomic E-state index is 13.7. The van der Waals surface area contributed by atoms with Crippen molar-refractivity contribution in [2.24, 2.45) is 5.92 Å². The molecule has 2 amide bonds. The lowest BCUT2D eigenvalue weighted by molar-refractivity contribution is -0.133. The van der Waals surface area contributed by atoms with Gasteiger partial charge in [0.15, 0.2) is 0 Å². The number of carbonyl (C=O) groups excluding carboxylic acids is 2. The number of rotatable bonds is 7. The van der Waals surface area contributed by atoms with Crippen molar-refractivity contribution >= 4 is 22.7 Å². The van der Waals surface area contributed by atoms with E-state index in [9.17, 15) is 9.59 Å². The van der Waals surface area contributed by atoms with Gasteiger partial charge >= 0.3 is 0 Å². The third-order valence-electron chi connectivity index (χ3n) is 6.31. The van der Waals surface area contributed by atoms with Gasteiger partial charge in [-0.3, -0.25) is 9.59 Å². The summed E-state index contributed by atoms with van der Waals surface area (Å²) in [5.74, 6) is 0.947. The van der Waals surface area contributed by atoms with Crippen molar-refractivity contribution in [2.75, 3.05) is 13.7 Å². The second kappa shape index (κ2) is 8.69. The van der Waals surface area contributed by atoms with Gasteiger partial charge in [0.05, 0.1) is 13.7 Å². The number of ether oxygens (including phenoxy) is 1. The van der Waals surface area contributed by atoms with Gasteiger partial charge in [-0.1, -0.05) is 44.2 Å². The van der Waals surface area contributed by atoms with Crippen LogP contribution in [-0.4, -0.2) is 40.5 Å². The molecule has 2 heterocycles. The molecule has 6 nitrogen and oxygen atoms in total. The van der Waals surface area contributed by atoms with Gasteiger partial charge in [-0.2, -0.15) is 0 Å². The summed E-state index contributed by atoms with van der Waals surface area (Å²) in [7, 11) is 1.62. The molecule has 32 heavy (non-hydrogen) atoms. The van der Waals surface area contributed by atoms with E-state index in [1.807, 2.05) is 66.1 Å². The molecule has 3 aromatic rings. The van der Waals surface area contributed by atoms with Crippen molar-refractivity contribution < 1.29 is 14.3 Å². The Morgan fingerprint density at radius 3 is 2.69 bits per heavy atom. The molecule has 0 unspecified atom stereocenters. The van der Waals surface area contributed by atoms with E-state index in [0.717, 1.165) is 28.6 Å². The summed E-state index contributed by atoms with van der Waals surface area (Å²) in [6.07, 6.45) is 0.892. The fourth-order valence-electron chi connectivity index (χ4n) is 4.37. The summed E-state index contributed by atoms with van der Waals surface area (Å²) in [5.41, 5.74) is 1.48. The van der Waals surface area contributed by atoms with Gasteiger partial charge in [-0.05, 0) is 49.1 Å². The minimum absolute atomic E-state index is 0.127. The minimum Gasteiger partial charge on any atom is -0.497 e. The van der Waals surface area contributed by atoms with Gasteiger partial charge in [-0.25, -0.2) is 0 Å². The van der Waals surface area contributed by atoms with E-state index in [1.165, 1.54) is 0 Å². The summed E-state index contributed by atoms with van der Waals surface area (Å²) >= 11 is 0. The Kier molecular flexibility index (Phi) is 5.96. The van der Waals surface area contributed by atoms with Crippen LogP contribution in [0.3, 0.4) is 0 Å².